The van der Waals surface area contributed by atoms with Crippen LogP contribution in [0.1, 0.15) is 5.56 Å². The molecule has 21 heavy (non-hydrogen) atoms. The van der Waals surface area contributed by atoms with Gasteiger partial charge in [0.05, 0.1) is 14.2 Å². The van der Waals surface area contributed by atoms with Crippen LogP contribution in [-0.2, 0) is 0 Å². The maximum atomic E-state index is 11.9. The summed E-state index contributed by atoms with van der Waals surface area (Å²) in [4.78, 5) is 18.8. The zero-order chi connectivity index (χ0) is 15.4. The molecule has 0 saturated heterocycles. The molecule has 0 aliphatic rings. The Bertz CT molecular complexity index is 765. The van der Waals surface area contributed by atoms with E-state index in [9.17, 15) is 10.1 Å². The molecule has 1 heterocycles. The number of rotatable bonds is 4. The normalized spacial score (nSPS) is 10.0. The van der Waals surface area contributed by atoms with Gasteiger partial charge in [0.25, 0.3) is 5.56 Å². The second-order valence-electron chi connectivity index (χ2n) is 3.98. The summed E-state index contributed by atoms with van der Waals surface area (Å²) in [6.45, 7) is 0. The van der Waals surface area contributed by atoms with Crippen molar-refractivity contribution >= 4 is 11.8 Å². The molecule has 6 nitrogen and oxygen atoms in total. The first-order valence-electron chi connectivity index (χ1n) is 5.95. The maximum absolute atomic E-state index is 11.9. The summed E-state index contributed by atoms with van der Waals surface area (Å²) in [7, 11) is 3.05. The van der Waals surface area contributed by atoms with Gasteiger partial charge in [-0.05, 0) is 18.4 Å². The second-order valence-corrected chi connectivity index (χ2v) is 4.77. The van der Waals surface area contributed by atoms with E-state index in [1.807, 2.05) is 6.07 Å². The summed E-state index contributed by atoms with van der Waals surface area (Å²) >= 11 is 1.29. The first-order valence-corrected chi connectivity index (χ1v) is 7.17. The van der Waals surface area contributed by atoms with Crippen molar-refractivity contribution in [1.29, 1.82) is 5.26 Å². The summed E-state index contributed by atoms with van der Waals surface area (Å²) in [5.74, 6) is 1.10. The molecule has 0 aliphatic heterocycles. The maximum Gasteiger partial charge on any atom is 0.270 e. The van der Waals surface area contributed by atoms with E-state index < -0.39 is 5.56 Å². The number of hydrogen-bond acceptors (Lipinski definition) is 6. The molecule has 1 N–H and O–H groups in total. The SMILES string of the molecule is COc1ccc(-c2nc(SC)[nH]c(=O)c2C#N)c(OC)c1. The van der Waals surface area contributed by atoms with Gasteiger partial charge >= 0.3 is 0 Å². The smallest absolute Gasteiger partial charge is 0.270 e. The molecule has 2 aromatic rings. The Balaban J connectivity index is 2.74. The lowest BCUT2D eigenvalue weighted by Crippen LogP contribution is -2.14. The fraction of sp³-hybridized carbons (Fsp3) is 0.214. The quantitative estimate of drug-likeness (QED) is 0.687. The van der Waals surface area contributed by atoms with Crippen molar-refractivity contribution in [3.8, 4) is 28.8 Å². The number of hydrogen-bond donors (Lipinski definition) is 1. The van der Waals surface area contributed by atoms with Crippen molar-refractivity contribution in [1.82, 2.24) is 9.97 Å². The first kappa shape index (κ1) is 14.9. The third kappa shape index (κ3) is 2.85. The molecule has 1 aromatic heterocycles. The van der Waals surface area contributed by atoms with Gasteiger partial charge in [0.2, 0.25) is 0 Å². The Kier molecular flexibility index (Phi) is 4.50. The predicted octanol–water partition coefficient (Wildman–Crippen LogP) is 2.05. The highest BCUT2D eigenvalue weighted by Crippen LogP contribution is 2.33. The molecule has 0 fully saturated rings. The first-order chi connectivity index (χ1) is 10.1. The number of nitriles is 1. The lowest BCUT2D eigenvalue weighted by atomic mass is 10.1. The van der Waals surface area contributed by atoms with Crippen LogP contribution < -0.4 is 15.0 Å². The third-order valence-corrected chi connectivity index (χ3v) is 3.45. The van der Waals surface area contributed by atoms with E-state index in [0.717, 1.165) is 0 Å². The van der Waals surface area contributed by atoms with Crippen molar-refractivity contribution in [2.45, 2.75) is 5.16 Å². The highest BCUT2D eigenvalue weighted by atomic mass is 32.2. The van der Waals surface area contributed by atoms with E-state index in [0.29, 0.717) is 27.9 Å². The Morgan fingerprint density at radius 1 is 1.33 bits per heavy atom. The van der Waals surface area contributed by atoms with Crippen LogP contribution in [0.5, 0.6) is 11.5 Å². The molecule has 0 radical (unpaired) electrons. The van der Waals surface area contributed by atoms with Crippen LogP contribution in [0.3, 0.4) is 0 Å². The molecule has 0 saturated carbocycles. The summed E-state index contributed by atoms with van der Waals surface area (Å²) in [6.07, 6.45) is 1.79. The van der Waals surface area contributed by atoms with Crippen molar-refractivity contribution in [3.05, 3.63) is 34.1 Å². The molecule has 0 unspecified atom stereocenters. The van der Waals surface area contributed by atoms with E-state index in [4.69, 9.17) is 9.47 Å². The standard InChI is InChI=1S/C14H13N3O3S/c1-19-8-4-5-9(11(6-8)20-2)12-10(7-15)13(18)17-14(16-12)21-3/h4-6H,1-3H3,(H,16,17,18). The molecule has 108 valence electrons. The van der Waals surface area contributed by atoms with Crippen molar-refractivity contribution < 1.29 is 9.47 Å². The Hall–Kier alpha value is -2.46. The van der Waals surface area contributed by atoms with Crippen molar-refractivity contribution in [2.24, 2.45) is 0 Å². The minimum atomic E-state index is -0.468. The van der Waals surface area contributed by atoms with Gasteiger partial charge in [-0.3, -0.25) is 4.79 Å². The number of thioether (sulfide) groups is 1. The number of benzene rings is 1. The van der Waals surface area contributed by atoms with E-state index in [1.54, 1.807) is 31.6 Å². The fourth-order valence-corrected chi connectivity index (χ4v) is 2.22. The zero-order valence-corrected chi connectivity index (χ0v) is 12.6. The van der Waals surface area contributed by atoms with E-state index in [2.05, 4.69) is 9.97 Å². The fourth-order valence-electron chi connectivity index (χ4n) is 1.84. The van der Waals surface area contributed by atoms with Crippen molar-refractivity contribution in [2.75, 3.05) is 20.5 Å². The summed E-state index contributed by atoms with van der Waals surface area (Å²) in [5.41, 5.74) is 0.349. The topological polar surface area (TPSA) is 88.0 Å². The van der Waals surface area contributed by atoms with Crippen LogP contribution in [-0.4, -0.2) is 30.4 Å². The highest BCUT2D eigenvalue weighted by molar-refractivity contribution is 7.98. The van der Waals surface area contributed by atoms with Crippen LogP contribution in [0.2, 0.25) is 0 Å². The van der Waals surface area contributed by atoms with E-state index in [-0.39, 0.29) is 5.56 Å². The number of aromatic amines is 1. The Morgan fingerprint density at radius 3 is 2.67 bits per heavy atom. The van der Waals surface area contributed by atoms with Crippen LogP contribution >= 0.6 is 11.8 Å². The van der Waals surface area contributed by atoms with Gasteiger partial charge in [-0.2, -0.15) is 5.26 Å². The molecule has 1 aromatic carbocycles. The molecule has 0 bridgehead atoms. The van der Waals surface area contributed by atoms with Crippen LogP contribution in [0.4, 0.5) is 0 Å². The van der Waals surface area contributed by atoms with Gasteiger partial charge in [0.1, 0.15) is 28.8 Å². The molecule has 2 rings (SSSR count). The van der Waals surface area contributed by atoms with Crippen LogP contribution in [0.25, 0.3) is 11.3 Å². The van der Waals surface area contributed by atoms with Crippen molar-refractivity contribution in [3.63, 3.8) is 0 Å². The van der Waals surface area contributed by atoms with Gasteiger partial charge in [-0.1, -0.05) is 11.8 Å². The van der Waals surface area contributed by atoms with Gasteiger partial charge in [0.15, 0.2) is 5.16 Å². The minimum Gasteiger partial charge on any atom is -0.497 e. The van der Waals surface area contributed by atoms with Gasteiger partial charge < -0.3 is 14.5 Å². The summed E-state index contributed by atoms with van der Waals surface area (Å²) < 4.78 is 10.4. The lowest BCUT2D eigenvalue weighted by Gasteiger charge is -2.11. The Morgan fingerprint density at radius 2 is 2.10 bits per heavy atom. The molecule has 0 aliphatic carbocycles. The number of aromatic nitrogens is 2. The summed E-state index contributed by atoms with van der Waals surface area (Å²) in [6, 6.07) is 7.01. The number of nitrogens with zero attached hydrogens (tertiary/aromatic N) is 2. The van der Waals surface area contributed by atoms with E-state index >= 15 is 0 Å². The second kappa shape index (κ2) is 6.33. The molecular weight excluding hydrogens is 290 g/mol. The lowest BCUT2D eigenvalue weighted by molar-refractivity contribution is 0.395. The third-order valence-electron chi connectivity index (χ3n) is 2.87. The number of H-pyrrole nitrogens is 1. The number of methoxy groups -OCH3 is 2. The molecule has 0 amide bonds. The average Bonchev–Trinajstić information content (AvgIpc) is 2.53. The zero-order valence-electron chi connectivity index (χ0n) is 11.8. The monoisotopic (exact) mass is 303 g/mol. The van der Waals surface area contributed by atoms with Crippen LogP contribution in [0.15, 0.2) is 28.2 Å². The van der Waals surface area contributed by atoms with Gasteiger partial charge in [-0.25, -0.2) is 4.98 Å². The average molecular weight is 303 g/mol. The van der Waals surface area contributed by atoms with Gasteiger partial charge in [-0.15, -0.1) is 0 Å². The predicted molar refractivity (Wildman–Crippen MR) is 79.9 cm³/mol. The molecule has 0 spiro atoms. The molecular formula is C14H13N3O3S. The Labute approximate surface area is 125 Å². The number of ether oxygens (including phenoxy) is 2. The minimum absolute atomic E-state index is 0.0451. The molecule has 0 atom stereocenters. The van der Waals surface area contributed by atoms with E-state index in [1.165, 1.54) is 18.9 Å². The number of nitrogens with one attached hydrogen (secondary N) is 1. The molecule has 7 heteroatoms. The summed E-state index contributed by atoms with van der Waals surface area (Å²) in [5, 5.41) is 9.64. The highest BCUT2D eigenvalue weighted by Gasteiger charge is 2.17. The van der Waals surface area contributed by atoms with Crippen LogP contribution in [0, 0.1) is 11.3 Å². The largest absolute Gasteiger partial charge is 0.497 e. The van der Waals surface area contributed by atoms with Gasteiger partial charge in [0, 0.05) is 11.6 Å².